The Morgan fingerprint density at radius 1 is 1.24 bits per heavy atom. The first kappa shape index (κ1) is 14.5. The molecule has 1 aromatic rings. The Morgan fingerprint density at radius 3 is 2.53 bits per heavy atom. The van der Waals surface area contributed by atoms with Gasteiger partial charge in [-0.3, -0.25) is 0 Å². The molecule has 17 heavy (non-hydrogen) atoms. The summed E-state index contributed by atoms with van der Waals surface area (Å²) in [6, 6.07) is 0. The van der Waals surface area contributed by atoms with Crippen LogP contribution in [0.25, 0.3) is 0 Å². The molecule has 0 aliphatic heterocycles. The number of aromatic nitrogens is 3. The number of nitrogens with zero attached hydrogens (tertiary/aromatic N) is 3. The van der Waals surface area contributed by atoms with Crippen molar-refractivity contribution in [2.24, 2.45) is 5.92 Å². The highest BCUT2D eigenvalue weighted by atomic mass is 35.5. The van der Waals surface area contributed by atoms with Crippen LogP contribution in [-0.4, -0.2) is 28.0 Å². The van der Waals surface area contributed by atoms with E-state index in [1.165, 1.54) is 0 Å². The van der Waals surface area contributed by atoms with Gasteiger partial charge in [0.25, 0.3) is 0 Å². The van der Waals surface area contributed by atoms with E-state index in [1.54, 1.807) is 0 Å². The monoisotopic (exact) mass is 259 g/mol. The van der Waals surface area contributed by atoms with Crippen LogP contribution in [0.4, 0.5) is 0 Å². The first-order valence-corrected chi connectivity index (χ1v) is 6.56. The average Bonchev–Trinajstić information content (AvgIpc) is 2.59. The van der Waals surface area contributed by atoms with Gasteiger partial charge in [-0.2, -0.15) is 0 Å². The van der Waals surface area contributed by atoms with Crippen molar-refractivity contribution < 1.29 is 4.74 Å². The summed E-state index contributed by atoms with van der Waals surface area (Å²) >= 11 is 6.00. The summed E-state index contributed by atoms with van der Waals surface area (Å²) in [5.74, 6) is 1.87. The Kier molecular flexibility index (Phi) is 5.92. The van der Waals surface area contributed by atoms with Gasteiger partial charge in [0.15, 0.2) is 0 Å². The fraction of sp³-hybridized carbons (Fsp3) is 0.833. The Bertz CT molecular complexity index is 336. The third-order valence-corrected chi connectivity index (χ3v) is 2.65. The Hall–Kier alpha value is -0.610. The van der Waals surface area contributed by atoms with E-state index in [4.69, 9.17) is 16.3 Å². The third kappa shape index (κ3) is 4.64. The summed E-state index contributed by atoms with van der Waals surface area (Å²) < 4.78 is 7.50. The summed E-state index contributed by atoms with van der Waals surface area (Å²) in [5, 5.41) is 8.46. The number of rotatable bonds is 7. The van der Waals surface area contributed by atoms with Crippen molar-refractivity contribution in [3.63, 3.8) is 0 Å². The maximum Gasteiger partial charge on any atom is 0.225 e. The fourth-order valence-electron chi connectivity index (χ4n) is 1.57. The maximum absolute atomic E-state index is 6.00. The molecule has 0 atom stereocenters. The van der Waals surface area contributed by atoms with Gasteiger partial charge in [-0.05, 0) is 23.9 Å². The predicted octanol–water partition coefficient (Wildman–Crippen LogP) is 3.12. The van der Waals surface area contributed by atoms with Crippen LogP contribution >= 0.6 is 11.6 Å². The third-order valence-electron chi connectivity index (χ3n) is 2.37. The predicted molar refractivity (Wildman–Crippen MR) is 69.4 cm³/mol. The second-order valence-electron chi connectivity index (χ2n) is 4.96. The van der Waals surface area contributed by atoms with Crippen LogP contribution in [0.3, 0.4) is 0 Å². The van der Waals surface area contributed by atoms with Gasteiger partial charge in [-0.15, -0.1) is 10.2 Å². The summed E-state index contributed by atoms with van der Waals surface area (Å²) in [6.45, 7) is 10.9. The van der Waals surface area contributed by atoms with E-state index in [-0.39, 0.29) is 0 Å². The quantitative estimate of drug-likeness (QED) is 0.707. The van der Waals surface area contributed by atoms with Crippen LogP contribution in [0.5, 0.6) is 0 Å². The molecule has 1 aromatic heterocycles. The molecule has 4 nitrogen and oxygen atoms in total. The summed E-state index contributed by atoms with van der Waals surface area (Å²) in [7, 11) is 0. The molecule has 0 unspecified atom stereocenters. The zero-order valence-corrected chi connectivity index (χ0v) is 11.9. The molecular formula is C12H22ClN3O. The highest BCUT2D eigenvalue weighted by molar-refractivity contribution is 6.28. The molecule has 1 heterocycles. The first-order chi connectivity index (χ1) is 8.02. The standard InChI is InChI=1S/C12H22ClN3O/c1-9(2)8-17-7-5-6-16-11(10(3)4)14-15-12(16)13/h9-10H,5-8H2,1-4H3. The lowest BCUT2D eigenvalue weighted by Crippen LogP contribution is -2.09. The molecule has 0 aliphatic rings. The Labute approximate surface area is 108 Å². The lowest BCUT2D eigenvalue weighted by atomic mass is 10.2. The zero-order valence-electron chi connectivity index (χ0n) is 11.1. The number of ether oxygens (including phenoxy) is 1. The normalized spacial score (nSPS) is 11.7. The van der Waals surface area contributed by atoms with E-state index in [0.29, 0.717) is 17.1 Å². The highest BCUT2D eigenvalue weighted by Gasteiger charge is 2.12. The fourth-order valence-corrected chi connectivity index (χ4v) is 1.78. The molecule has 0 saturated heterocycles. The SMILES string of the molecule is CC(C)COCCCn1c(Cl)nnc1C(C)C. The summed E-state index contributed by atoms with van der Waals surface area (Å²) in [4.78, 5) is 0. The molecule has 0 spiro atoms. The molecule has 0 bridgehead atoms. The van der Waals surface area contributed by atoms with Crippen LogP contribution in [-0.2, 0) is 11.3 Å². The minimum atomic E-state index is 0.339. The zero-order chi connectivity index (χ0) is 12.8. The van der Waals surface area contributed by atoms with Crippen LogP contribution < -0.4 is 0 Å². The van der Waals surface area contributed by atoms with Crippen molar-refractivity contribution in [2.75, 3.05) is 13.2 Å². The molecule has 5 heteroatoms. The molecule has 98 valence electrons. The van der Waals surface area contributed by atoms with Gasteiger partial charge in [0, 0.05) is 25.7 Å². The van der Waals surface area contributed by atoms with E-state index in [1.807, 2.05) is 4.57 Å². The second kappa shape index (κ2) is 6.97. The molecule has 0 amide bonds. The minimum Gasteiger partial charge on any atom is -0.381 e. The van der Waals surface area contributed by atoms with Gasteiger partial charge < -0.3 is 9.30 Å². The van der Waals surface area contributed by atoms with Crippen molar-refractivity contribution in [3.05, 3.63) is 11.1 Å². The minimum absolute atomic E-state index is 0.339. The maximum atomic E-state index is 6.00. The van der Waals surface area contributed by atoms with Crippen LogP contribution in [0.15, 0.2) is 0 Å². The smallest absolute Gasteiger partial charge is 0.225 e. The second-order valence-corrected chi connectivity index (χ2v) is 5.29. The molecular weight excluding hydrogens is 238 g/mol. The van der Waals surface area contributed by atoms with E-state index in [9.17, 15) is 0 Å². The average molecular weight is 260 g/mol. The lowest BCUT2D eigenvalue weighted by molar-refractivity contribution is 0.105. The van der Waals surface area contributed by atoms with Crippen LogP contribution in [0.2, 0.25) is 5.28 Å². The van der Waals surface area contributed by atoms with Crippen molar-refractivity contribution in [1.29, 1.82) is 0 Å². The van der Waals surface area contributed by atoms with Crippen LogP contribution in [0.1, 0.15) is 45.9 Å². The molecule has 0 aromatic carbocycles. The molecule has 1 rings (SSSR count). The van der Waals surface area contributed by atoms with Gasteiger partial charge in [0.2, 0.25) is 5.28 Å². The largest absolute Gasteiger partial charge is 0.381 e. The topological polar surface area (TPSA) is 39.9 Å². The van der Waals surface area contributed by atoms with E-state index in [0.717, 1.165) is 32.0 Å². The van der Waals surface area contributed by atoms with Gasteiger partial charge in [-0.25, -0.2) is 0 Å². The number of hydrogen-bond acceptors (Lipinski definition) is 3. The molecule has 0 N–H and O–H groups in total. The molecule has 0 radical (unpaired) electrons. The van der Waals surface area contributed by atoms with Crippen molar-refractivity contribution in [1.82, 2.24) is 14.8 Å². The van der Waals surface area contributed by atoms with Crippen molar-refractivity contribution in [3.8, 4) is 0 Å². The summed E-state index contributed by atoms with van der Waals surface area (Å²) in [5.41, 5.74) is 0. The van der Waals surface area contributed by atoms with Gasteiger partial charge >= 0.3 is 0 Å². The Balaban J connectivity index is 2.38. The van der Waals surface area contributed by atoms with Gasteiger partial charge in [-0.1, -0.05) is 27.7 Å². The summed E-state index contributed by atoms with van der Waals surface area (Å²) in [6.07, 6.45) is 0.935. The van der Waals surface area contributed by atoms with Crippen LogP contribution in [0, 0.1) is 5.92 Å². The van der Waals surface area contributed by atoms with E-state index < -0.39 is 0 Å². The van der Waals surface area contributed by atoms with Gasteiger partial charge in [0.05, 0.1) is 0 Å². The van der Waals surface area contributed by atoms with Crippen molar-refractivity contribution >= 4 is 11.6 Å². The van der Waals surface area contributed by atoms with Gasteiger partial charge in [0.1, 0.15) is 5.82 Å². The first-order valence-electron chi connectivity index (χ1n) is 6.18. The molecule has 0 saturated carbocycles. The van der Waals surface area contributed by atoms with E-state index >= 15 is 0 Å². The highest BCUT2D eigenvalue weighted by Crippen LogP contribution is 2.16. The molecule has 0 aliphatic carbocycles. The molecule has 0 fully saturated rings. The lowest BCUT2D eigenvalue weighted by Gasteiger charge is -2.10. The van der Waals surface area contributed by atoms with Crippen molar-refractivity contribution in [2.45, 2.75) is 46.6 Å². The Morgan fingerprint density at radius 2 is 1.94 bits per heavy atom. The van der Waals surface area contributed by atoms with E-state index in [2.05, 4.69) is 37.9 Å². The number of halogens is 1. The number of hydrogen-bond donors (Lipinski definition) is 0.